The van der Waals surface area contributed by atoms with E-state index in [-0.39, 0.29) is 5.92 Å². The molecule has 0 unspecified atom stereocenters. The molecule has 0 aliphatic heterocycles. The number of aliphatic hydroxyl groups is 1. The lowest BCUT2D eigenvalue weighted by molar-refractivity contribution is -0.0166. The first-order valence-electron chi connectivity index (χ1n) is 9.40. The number of benzene rings is 2. The number of hydrogen-bond donors (Lipinski definition) is 1. The smallest absolute Gasteiger partial charge is 0.0880 e. The van der Waals surface area contributed by atoms with Gasteiger partial charge in [0.2, 0.25) is 0 Å². The third kappa shape index (κ3) is 4.97. The summed E-state index contributed by atoms with van der Waals surface area (Å²) in [6.45, 7) is 6.10. The predicted octanol–water partition coefficient (Wildman–Crippen LogP) is 6.78. The van der Waals surface area contributed by atoms with Gasteiger partial charge in [0, 0.05) is 9.79 Å². The van der Waals surface area contributed by atoms with Gasteiger partial charge in [-0.2, -0.15) is 0 Å². The Morgan fingerprint density at radius 2 is 1.58 bits per heavy atom. The Labute approximate surface area is 166 Å². The standard InChI is InChI=1S/C23H28OS2/c1-18(2)23(24)16-10-9-11-19(23)17-22(25-20-12-5-3-6-13-20)26-21-14-7-4-8-15-21/h3-8,12-15,19,22,24H,1,9-11,16-17H2,2H3/t19-,23+/m1/s1. The highest BCUT2D eigenvalue weighted by atomic mass is 32.2. The molecular weight excluding hydrogens is 356 g/mol. The van der Waals surface area contributed by atoms with E-state index >= 15 is 0 Å². The zero-order valence-corrected chi connectivity index (χ0v) is 17.1. The summed E-state index contributed by atoms with van der Waals surface area (Å²) in [5.74, 6) is 0.283. The molecule has 0 amide bonds. The summed E-state index contributed by atoms with van der Waals surface area (Å²) in [6, 6.07) is 21.2. The Hall–Kier alpha value is -1.16. The molecule has 0 spiro atoms. The van der Waals surface area contributed by atoms with Gasteiger partial charge < -0.3 is 5.11 Å². The third-order valence-corrected chi connectivity index (χ3v) is 7.85. The van der Waals surface area contributed by atoms with Crippen molar-refractivity contribution in [2.24, 2.45) is 5.92 Å². The normalized spacial score (nSPS) is 23.1. The molecule has 1 aliphatic carbocycles. The highest BCUT2D eigenvalue weighted by Crippen LogP contribution is 2.46. The van der Waals surface area contributed by atoms with Crippen LogP contribution >= 0.6 is 23.5 Å². The molecule has 2 aromatic carbocycles. The molecule has 1 nitrogen and oxygen atoms in total. The maximum atomic E-state index is 11.3. The molecule has 0 aromatic heterocycles. The van der Waals surface area contributed by atoms with Crippen molar-refractivity contribution in [2.75, 3.05) is 0 Å². The molecular formula is C23H28OS2. The molecule has 1 aliphatic rings. The summed E-state index contributed by atoms with van der Waals surface area (Å²) in [5, 5.41) is 11.3. The van der Waals surface area contributed by atoms with Crippen LogP contribution in [0.1, 0.15) is 39.0 Å². The molecule has 1 N–H and O–H groups in total. The second-order valence-corrected chi connectivity index (χ2v) is 10.0. The van der Waals surface area contributed by atoms with Crippen LogP contribution in [-0.2, 0) is 0 Å². The first-order valence-corrected chi connectivity index (χ1v) is 11.2. The van der Waals surface area contributed by atoms with Crippen LogP contribution in [0.2, 0.25) is 0 Å². The minimum Gasteiger partial charge on any atom is -0.385 e. The average Bonchev–Trinajstić information content (AvgIpc) is 2.65. The monoisotopic (exact) mass is 384 g/mol. The average molecular weight is 385 g/mol. The molecule has 2 aromatic rings. The first-order chi connectivity index (χ1) is 12.6. The van der Waals surface area contributed by atoms with Crippen LogP contribution in [0.4, 0.5) is 0 Å². The SMILES string of the molecule is C=C(C)[C@@]1(O)CCCC[C@@H]1CC(Sc1ccccc1)Sc1ccccc1. The fourth-order valence-corrected chi connectivity index (χ4v) is 6.51. The highest BCUT2D eigenvalue weighted by Gasteiger charge is 2.40. The minimum atomic E-state index is -0.703. The number of hydrogen-bond acceptors (Lipinski definition) is 3. The number of thioether (sulfide) groups is 2. The molecule has 2 atom stereocenters. The van der Waals surface area contributed by atoms with Gasteiger partial charge in [0.1, 0.15) is 0 Å². The summed E-state index contributed by atoms with van der Waals surface area (Å²) in [7, 11) is 0. The van der Waals surface area contributed by atoms with Crippen LogP contribution in [0.25, 0.3) is 0 Å². The van der Waals surface area contributed by atoms with Gasteiger partial charge in [-0.15, -0.1) is 23.5 Å². The summed E-state index contributed by atoms with van der Waals surface area (Å²) in [6.07, 6.45) is 5.24. The predicted molar refractivity (Wildman–Crippen MR) is 115 cm³/mol. The Kier molecular flexibility index (Phi) is 6.91. The Balaban J connectivity index is 1.79. The van der Waals surface area contributed by atoms with Gasteiger partial charge in [-0.1, -0.05) is 55.8 Å². The summed E-state index contributed by atoms with van der Waals surface area (Å²) < 4.78 is 0.369. The maximum Gasteiger partial charge on any atom is 0.0880 e. The largest absolute Gasteiger partial charge is 0.385 e. The first kappa shape index (κ1) is 19.6. The molecule has 0 radical (unpaired) electrons. The van der Waals surface area contributed by atoms with Crippen LogP contribution in [0, 0.1) is 5.92 Å². The Bertz CT molecular complexity index is 659. The number of rotatable bonds is 7. The molecule has 3 rings (SSSR count). The van der Waals surface area contributed by atoms with Gasteiger partial charge in [0.25, 0.3) is 0 Å². The fourth-order valence-electron chi connectivity index (χ4n) is 3.76. The quantitative estimate of drug-likeness (QED) is 0.322. The second kappa shape index (κ2) is 9.16. The Morgan fingerprint density at radius 3 is 2.08 bits per heavy atom. The van der Waals surface area contributed by atoms with E-state index in [1.165, 1.54) is 16.2 Å². The lowest BCUT2D eigenvalue weighted by Gasteiger charge is -2.42. The van der Waals surface area contributed by atoms with Crippen LogP contribution in [0.15, 0.2) is 82.6 Å². The maximum absolute atomic E-state index is 11.3. The van der Waals surface area contributed by atoms with E-state index in [0.29, 0.717) is 4.58 Å². The third-order valence-electron chi connectivity index (χ3n) is 5.27. The zero-order chi connectivity index (χ0) is 18.4. The van der Waals surface area contributed by atoms with Crippen LogP contribution in [-0.4, -0.2) is 15.3 Å². The zero-order valence-electron chi connectivity index (χ0n) is 15.4. The molecule has 3 heteroatoms. The van der Waals surface area contributed by atoms with Crippen molar-refractivity contribution < 1.29 is 5.11 Å². The second-order valence-electron chi connectivity index (χ2n) is 7.17. The van der Waals surface area contributed by atoms with E-state index in [2.05, 4.69) is 67.2 Å². The van der Waals surface area contributed by atoms with Crippen LogP contribution in [0.3, 0.4) is 0 Å². The van der Waals surface area contributed by atoms with Crippen molar-refractivity contribution in [3.8, 4) is 0 Å². The summed E-state index contributed by atoms with van der Waals surface area (Å²) in [5.41, 5.74) is 0.223. The van der Waals surface area contributed by atoms with Gasteiger partial charge >= 0.3 is 0 Å². The molecule has 1 fully saturated rings. The van der Waals surface area contributed by atoms with Crippen molar-refractivity contribution in [2.45, 2.75) is 59.0 Å². The molecule has 138 valence electrons. The lowest BCUT2D eigenvalue weighted by Crippen LogP contribution is -2.42. The van der Waals surface area contributed by atoms with E-state index in [1.807, 2.05) is 30.4 Å². The summed E-state index contributed by atoms with van der Waals surface area (Å²) in [4.78, 5) is 2.58. The van der Waals surface area contributed by atoms with Crippen molar-refractivity contribution in [3.05, 3.63) is 72.8 Å². The van der Waals surface area contributed by atoms with Crippen molar-refractivity contribution in [1.82, 2.24) is 0 Å². The van der Waals surface area contributed by atoms with E-state index in [9.17, 15) is 5.11 Å². The van der Waals surface area contributed by atoms with E-state index < -0.39 is 5.60 Å². The highest BCUT2D eigenvalue weighted by molar-refractivity contribution is 8.17. The molecule has 26 heavy (non-hydrogen) atoms. The molecule has 0 saturated heterocycles. The fraction of sp³-hybridized carbons (Fsp3) is 0.391. The Morgan fingerprint density at radius 1 is 1.04 bits per heavy atom. The molecule has 0 bridgehead atoms. The van der Waals surface area contributed by atoms with Gasteiger partial charge in [0.15, 0.2) is 0 Å². The van der Waals surface area contributed by atoms with Crippen molar-refractivity contribution >= 4 is 23.5 Å². The molecule has 0 heterocycles. The van der Waals surface area contributed by atoms with Gasteiger partial charge in [-0.3, -0.25) is 0 Å². The van der Waals surface area contributed by atoms with Gasteiger partial charge in [-0.05, 0) is 61.9 Å². The van der Waals surface area contributed by atoms with E-state index in [4.69, 9.17) is 0 Å². The topological polar surface area (TPSA) is 20.2 Å². The van der Waals surface area contributed by atoms with E-state index in [1.54, 1.807) is 0 Å². The lowest BCUT2D eigenvalue weighted by atomic mass is 9.71. The van der Waals surface area contributed by atoms with Gasteiger partial charge in [-0.25, -0.2) is 0 Å². The summed E-state index contributed by atoms with van der Waals surface area (Å²) >= 11 is 3.82. The molecule has 1 saturated carbocycles. The van der Waals surface area contributed by atoms with Gasteiger partial charge in [0.05, 0.1) is 10.2 Å². The van der Waals surface area contributed by atoms with Crippen LogP contribution in [0.5, 0.6) is 0 Å². The van der Waals surface area contributed by atoms with E-state index in [0.717, 1.165) is 31.3 Å². The van der Waals surface area contributed by atoms with Crippen molar-refractivity contribution in [3.63, 3.8) is 0 Å². The van der Waals surface area contributed by atoms with Crippen molar-refractivity contribution in [1.29, 1.82) is 0 Å². The minimum absolute atomic E-state index is 0.283. The van der Waals surface area contributed by atoms with Crippen LogP contribution < -0.4 is 0 Å².